The number of nitrogens with zero attached hydrogens (tertiary/aromatic N) is 2. The molecule has 3 aromatic rings. The Morgan fingerprint density at radius 1 is 1.18 bits per heavy atom. The number of ether oxygens (including phenoxy) is 1. The molecule has 0 aliphatic carbocycles. The molecule has 0 amide bonds. The van der Waals surface area contributed by atoms with Gasteiger partial charge in [0.15, 0.2) is 0 Å². The largest absolute Gasteiger partial charge is 0.462 e. The van der Waals surface area contributed by atoms with Crippen LogP contribution in [0.5, 0.6) is 0 Å². The van der Waals surface area contributed by atoms with Crippen LogP contribution in [0.2, 0.25) is 0 Å². The molecule has 1 aliphatic heterocycles. The molecule has 8 heteroatoms. The maximum absolute atomic E-state index is 12.3. The molecule has 2 aromatic carbocycles. The Hall–Kier alpha value is -2.45. The van der Waals surface area contributed by atoms with Crippen LogP contribution < -0.4 is 4.31 Å². The minimum atomic E-state index is -3.27. The van der Waals surface area contributed by atoms with Crippen molar-refractivity contribution in [1.82, 2.24) is 4.98 Å². The number of rotatable bonds is 6. The van der Waals surface area contributed by atoms with E-state index in [4.69, 9.17) is 4.74 Å². The Morgan fingerprint density at radius 2 is 2.04 bits per heavy atom. The third-order valence-corrected chi connectivity index (χ3v) is 7.54. The van der Waals surface area contributed by atoms with Crippen molar-refractivity contribution in [3.8, 4) is 0 Å². The molecule has 0 bridgehead atoms. The topological polar surface area (TPSA) is 76.6 Å². The summed E-state index contributed by atoms with van der Waals surface area (Å²) in [6, 6.07) is 14.6. The quantitative estimate of drug-likeness (QED) is 0.453. The van der Waals surface area contributed by atoms with Gasteiger partial charge in [-0.15, -0.1) is 11.3 Å². The monoisotopic (exact) mass is 416 g/mol. The van der Waals surface area contributed by atoms with Crippen molar-refractivity contribution < 1.29 is 17.9 Å². The van der Waals surface area contributed by atoms with Gasteiger partial charge in [0.1, 0.15) is 0 Å². The number of aryl methyl sites for hydroxylation is 1. The van der Waals surface area contributed by atoms with Crippen molar-refractivity contribution in [2.24, 2.45) is 0 Å². The molecule has 0 N–H and O–H groups in total. The van der Waals surface area contributed by atoms with Crippen LogP contribution in [-0.2, 0) is 21.2 Å². The number of aromatic nitrogens is 1. The van der Waals surface area contributed by atoms with Crippen LogP contribution in [0, 0.1) is 0 Å². The second kappa shape index (κ2) is 7.89. The second-order valence-corrected chi connectivity index (χ2v) is 9.73. The van der Waals surface area contributed by atoms with Crippen molar-refractivity contribution in [3.05, 3.63) is 59.1 Å². The van der Waals surface area contributed by atoms with Gasteiger partial charge in [0, 0.05) is 13.0 Å². The van der Waals surface area contributed by atoms with E-state index in [2.05, 4.69) is 4.98 Å². The number of sulfonamides is 1. The SMILES string of the molecule is O=C(OCCCc1nc2ccccc2s1)c1cccc(N2CCCS2(=O)=O)c1. The molecule has 1 aliphatic rings. The molecule has 4 rings (SSSR count). The van der Waals surface area contributed by atoms with E-state index >= 15 is 0 Å². The molecule has 2 heterocycles. The van der Waals surface area contributed by atoms with Crippen LogP contribution >= 0.6 is 11.3 Å². The summed E-state index contributed by atoms with van der Waals surface area (Å²) in [5.74, 6) is -0.296. The van der Waals surface area contributed by atoms with Crippen molar-refractivity contribution in [1.29, 1.82) is 0 Å². The van der Waals surface area contributed by atoms with Gasteiger partial charge in [-0.1, -0.05) is 18.2 Å². The molecule has 0 spiro atoms. The van der Waals surface area contributed by atoms with Crippen LogP contribution in [0.4, 0.5) is 5.69 Å². The van der Waals surface area contributed by atoms with E-state index in [1.807, 2.05) is 24.3 Å². The van der Waals surface area contributed by atoms with Crippen LogP contribution in [0.3, 0.4) is 0 Å². The number of hydrogen-bond donors (Lipinski definition) is 0. The highest BCUT2D eigenvalue weighted by atomic mass is 32.2. The first-order chi connectivity index (χ1) is 13.5. The highest BCUT2D eigenvalue weighted by Gasteiger charge is 2.28. The van der Waals surface area contributed by atoms with Gasteiger partial charge >= 0.3 is 5.97 Å². The Kier molecular flexibility index (Phi) is 5.32. The minimum absolute atomic E-state index is 0.146. The molecular formula is C20H20N2O4S2. The van der Waals surface area contributed by atoms with Crippen molar-refractivity contribution in [3.63, 3.8) is 0 Å². The van der Waals surface area contributed by atoms with Gasteiger partial charge in [0.25, 0.3) is 0 Å². The van der Waals surface area contributed by atoms with Gasteiger partial charge in [-0.05, 0) is 43.2 Å². The summed E-state index contributed by atoms with van der Waals surface area (Å²) in [7, 11) is -3.27. The van der Waals surface area contributed by atoms with Gasteiger partial charge in [0.05, 0.1) is 38.8 Å². The lowest BCUT2D eigenvalue weighted by Crippen LogP contribution is -2.25. The number of anilines is 1. The summed E-state index contributed by atoms with van der Waals surface area (Å²) < 4.78 is 32.0. The van der Waals surface area contributed by atoms with Gasteiger partial charge in [0.2, 0.25) is 10.0 Å². The molecule has 1 fully saturated rings. The van der Waals surface area contributed by atoms with Crippen molar-refractivity contribution in [2.75, 3.05) is 23.2 Å². The third kappa shape index (κ3) is 4.02. The fourth-order valence-corrected chi connectivity index (χ4v) is 5.78. The summed E-state index contributed by atoms with van der Waals surface area (Å²) in [6.45, 7) is 0.740. The molecule has 0 saturated carbocycles. The zero-order chi connectivity index (χ0) is 19.6. The van der Waals surface area contributed by atoms with Crippen molar-refractivity contribution >= 4 is 43.2 Å². The molecule has 1 saturated heterocycles. The average molecular weight is 417 g/mol. The predicted octanol–water partition coefficient (Wildman–Crippen LogP) is 3.63. The lowest BCUT2D eigenvalue weighted by molar-refractivity contribution is 0.0500. The number of carbonyl (C=O) groups excluding carboxylic acids is 1. The number of hydrogen-bond acceptors (Lipinski definition) is 6. The number of para-hydroxylation sites is 1. The van der Waals surface area contributed by atoms with E-state index in [1.165, 1.54) is 4.31 Å². The molecule has 0 radical (unpaired) electrons. The van der Waals surface area contributed by atoms with Crippen LogP contribution in [0.25, 0.3) is 10.2 Å². The Balaban J connectivity index is 1.33. The summed E-state index contributed by atoms with van der Waals surface area (Å²) in [5, 5.41) is 1.03. The number of benzene rings is 2. The fraction of sp³-hybridized carbons (Fsp3) is 0.300. The summed E-state index contributed by atoms with van der Waals surface area (Å²) in [6.07, 6.45) is 2.03. The Labute approximate surface area is 167 Å². The number of fused-ring (bicyclic) bond motifs is 1. The zero-order valence-electron chi connectivity index (χ0n) is 15.2. The second-order valence-electron chi connectivity index (χ2n) is 6.61. The first kappa shape index (κ1) is 18.9. The standard InChI is InChI=1S/C20H20N2O4S2/c23-20(15-6-3-7-16(14-15)22-11-5-13-28(22,24)25)26-12-4-10-19-21-17-8-1-2-9-18(17)27-19/h1-3,6-9,14H,4-5,10-13H2. The van der Waals surface area contributed by atoms with Crippen LogP contribution in [0.15, 0.2) is 48.5 Å². The van der Waals surface area contributed by atoms with Crippen molar-refractivity contribution in [2.45, 2.75) is 19.3 Å². The van der Waals surface area contributed by atoms with Crippen LogP contribution in [0.1, 0.15) is 28.2 Å². The summed E-state index contributed by atoms with van der Waals surface area (Å²) >= 11 is 1.65. The van der Waals surface area contributed by atoms with E-state index in [1.54, 1.807) is 35.6 Å². The molecule has 0 unspecified atom stereocenters. The average Bonchev–Trinajstić information content (AvgIpc) is 3.27. The molecule has 1 aromatic heterocycles. The number of carbonyl (C=O) groups is 1. The highest BCUT2D eigenvalue weighted by molar-refractivity contribution is 7.93. The van der Waals surface area contributed by atoms with E-state index in [0.29, 0.717) is 37.2 Å². The summed E-state index contributed by atoms with van der Waals surface area (Å²) in [5.41, 5.74) is 1.87. The first-order valence-corrected chi connectivity index (χ1v) is 11.6. The first-order valence-electron chi connectivity index (χ1n) is 9.15. The molecular weight excluding hydrogens is 396 g/mol. The molecule has 0 atom stereocenters. The Bertz CT molecular complexity index is 1080. The zero-order valence-corrected chi connectivity index (χ0v) is 16.8. The minimum Gasteiger partial charge on any atom is -0.462 e. The van der Waals surface area contributed by atoms with Gasteiger partial charge in [-0.3, -0.25) is 4.31 Å². The third-order valence-electron chi connectivity index (χ3n) is 4.58. The van der Waals surface area contributed by atoms with E-state index in [0.717, 1.165) is 21.6 Å². The van der Waals surface area contributed by atoms with E-state index < -0.39 is 16.0 Å². The maximum Gasteiger partial charge on any atom is 0.338 e. The Morgan fingerprint density at radius 3 is 2.82 bits per heavy atom. The lowest BCUT2D eigenvalue weighted by atomic mass is 10.2. The normalized spacial score (nSPS) is 15.8. The van der Waals surface area contributed by atoms with E-state index in [9.17, 15) is 13.2 Å². The molecule has 28 heavy (non-hydrogen) atoms. The maximum atomic E-state index is 12.3. The number of esters is 1. The van der Waals surface area contributed by atoms with Gasteiger partial charge in [-0.25, -0.2) is 18.2 Å². The molecule has 146 valence electrons. The highest BCUT2D eigenvalue weighted by Crippen LogP contribution is 2.25. The van der Waals surface area contributed by atoms with E-state index in [-0.39, 0.29) is 5.75 Å². The van der Waals surface area contributed by atoms with Crippen LogP contribution in [-0.4, -0.2) is 38.3 Å². The lowest BCUT2D eigenvalue weighted by Gasteiger charge is -2.17. The molecule has 6 nitrogen and oxygen atoms in total. The van der Waals surface area contributed by atoms with Gasteiger partial charge < -0.3 is 4.74 Å². The number of thiazole rings is 1. The fourth-order valence-electron chi connectivity index (χ4n) is 3.22. The summed E-state index contributed by atoms with van der Waals surface area (Å²) in [4.78, 5) is 16.9. The predicted molar refractivity (Wildman–Crippen MR) is 110 cm³/mol. The smallest absolute Gasteiger partial charge is 0.338 e. The van der Waals surface area contributed by atoms with Gasteiger partial charge in [-0.2, -0.15) is 0 Å².